The zero-order chi connectivity index (χ0) is 14.3. The molecule has 0 spiro atoms. The van der Waals surface area contributed by atoms with Crippen LogP contribution in [0.15, 0.2) is 24.4 Å². The van der Waals surface area contributed by atoms with Crippen molar-refractivity contribution in [2.24, 2.45) is 0 Å². The van der Waals surface area contributed by atoms with Crippen LogP contribution in [0.1, 0.15) is 11.4 Å². The van der Waals surface area contributed by atoms with Crippen molar-refractivity contribution in [2.75, 3.05) is 5.73 Å². The van der Waals surface area contributed by atoms with E-state index >= 15 is 0 Å². The van der Waals surface area contributed by atoms with Crippen LogP contribution in [0.5, 0.6) is 0 Å². The van der Waals surface area contributed by atoms with Gasteiger partial charge in [-0.15, -0.1) is 5.10 Å². The average Bonchev–Trinajstić information content (AvgIpc) is 2.93. The Hall–Kier alpha value is -2.97. The Kier molecular flexibility index (Phi) is 2.60. The highest BCUT2D eigenvalue weighted by atomic mass is 16.6. The average molecular weight is 273 g/mol. The molecule has 0 amide bonds. The lowest BCUT2D eigenvalue weighted by atomic mass is 10.4. The number of nitrogens with zero attached hydrogens (tertiary/aromatic N) is 6. The molecular weight excluding hydrogens is 262 g/mol. The first-order chi connectivity index (χ1) is 9.58. The summed E-state index contributed by atoms with van der Waals surface area (Å²) in [5, 5.41) is 18.8. The van der Waals surface area contributed by atoms with E-state index in [1.807, 2.05) is 0 Å². The number of nitrogens with two attached hydrogens (primary N) is 1. The van der Waals surface area contributed by atoms with Crippen LogP contribution in [0.25, 0.3) is 5.65 Å². The molecule has 20 heavy (non-hydrogen) atoms. The summed E-state index contributed by atoms with van der Waals surface area (Å²) in [6, 6.07) is 5.19. The van der Waals surface area contributed by atoms with Crippen LogP contribution in [-0.4, -0.2) is 29.3 Å². The maximum atomic E-state index is 11.3. The Morgan fingerprint density at radius 1 is 1.45 bits per heavy atom. The Bertz CT molecular complexity index is 804. The van der Waals surface area contributed by atoms with E-state index in [1.165, 1.54) is 9.08 Å². The number of imidazole rings is 1. The number of nitro groups is 1. The first kappa shape index (κ1) is 12.1. The molecule has 0 fully saturated rings. The van der Waals surface area contributed by atoms with Crippen molar-refractivity contribution in [3.05, 3.63) is 45.9 Å². The monoisotopic (exact) mass is 273 g/mol. The molecule has 0 saturated carbocycles. The van der Waals surface area contributed by atoms with Crippen LogP contribution < -0.4 is 5.73 Å². The molecule has 0 unspecified atom stereocenters. The number of pyridine rings is 1. The predicted octanol–water partition coefficient (Wildman–Crippen LogP) is 0.773. The SMILES string of the molecule is Cc1c(N)nnn1Cc1nc2ccccn2c1[N+](=O)[O-]. The number of aromatic nitrogens is 5. The molecule has 0 aromatic carbocycles. The van der Waals surface area contributed by atoms with E-state index in [4.69, 9.17) is 5.73 Å². The molecule has 0 saturated heterocycles. The zero-order valence-electron chi connectivity index (χ0n) is 10.6. The van der Waals surface area contributed by atoms with E-state index in [0.29, 0.717) is 22.9 Å². The number of fused-ring (bicyclic) bond motifs is 1. The van der Waals surface area contributed by atoms with Gasteiger partial charge in [-0.2, -0.15) is 4.40 Å². The van der Waals surface area contributed by atoms with Gasteiger partial charge in [0.05, 0.1) is 18.4 Å². The lowest BCUT2D eigenvalue weighted by molar-refractivity contribution is -0.391. The lowest BCUT2D eigenvalue weighted by Crippen LogP contribution is -2.07. The van der Waals surface area contributed by atoms with Gasteiger partial charge in [0, 0.05) is 6.07 Å². The number of nitrogen functional groups attached to an aromatic ring is 1. The van der Waals surface area contributed by atoms with Crippen molar-refractivity contribution in [1.29, 1.82) is 0 Å². The molecule has 0 radical (unpaired) electrons. The van der Waals surface area contributed by atoms with E-state index in [0.717, 1.165) is 0 Å². The molecule has 102 valence electrons. The maximum absolute atomic E-state index is 11.3. The van der Waals surface area contributed by atoms with Crippen molar-refractivity contribution < 1.29 is 4.92 Å². The van der Waals surface area contributed by atoms with Gasteiger partial charge in [0.1, 0.15) is 0 Å². The van der Waals surface area contributed by atoms with Crippen molar-refractivity contribution in [3.63, 3.8) is 0 Å². The maximum Gasteiger partial charge on any atom is 0.353 e. The van der Waals surface area contributed by atoms with Crippen LogP contribution in [0, 0.1) is 17.0 Å². The molecule has 0 aliphatic heterocycles. The zero-order valence-corrected chi connectivity index (χ0v) is 10.6. The van der Waals surface area contributed by atoms with E-state index in [1.54, 1.807) is 31.3 Å². The minimum Gasteiger partial charge on any atom is -0.381 e. The third kappa shape index (κ3) is 1.76. The van der Waals surface area contributed by atoms with E-state index in [9.17, 15) is 10.1 Å². The van der Waals surface area contributed by atoms with Crippen molar-refractivity contribution in [3.8, 4) is 0 Å². The Labute approximate surface area is 112 Å². The molecular formula is C11H11N7O2. The summed E-state index contributed by atoms with van der Waals surface area (Å²) in [6.07, 6.45) is 1.60. The standard InChI is InChI=1S/C11H11N7O2/c1-7-10(12)14-15-17(7)6-8-11(18(19)20)16-5-3-2-4-9(16)13-8/h2-5H,6,12H2,1H3. The summed E-state index contributed by atoms with van der Waals surface area (Å²) in [5.74, 6) is 0.227. The van der Waals surface area contributed by atoms with Gasteiger partial charge in [-0.3, -0.25) is 0 Å². The number of hydrogen-bond acceptors (Lipinski definition) is 6. The number of hydrogen-bond donors (Lipinski definition) is 1. The lowest BCUT2D eigenvalue weighted by Gasteiger charge is -2.00. The second-order valence-electron chi connectivity index (χ2n) is 4.29. The summed E-state index contributed by atoms with van der Waals surface area (Å²) >= 11 is 0. The first-order valence-corrected chi connectivity index (χ1v) is 5.84. The largest absolute Gasteiger partial charge is 0.381 e. The van der Waals surface area contributed by atoms with Crippen LogP contribution in [0.2, 0.25) is 0 Å². The fourth-order valence-electron chi connectivity index (χ4n) is 2.00. The van der Waals surface area contributed by atoms with Gasteiger partial charge in [0.2, 0.25) is 5.65 Å². The van der Waals surface area contributed by atoms with Crippen LogP contribution in [-0.2, 0) is 6.54 Å². The third-order valence-electron chi connectivity index (χ3n) is 3.06. The second kappa shape index (κ2) is 4.30. The summed E-state index contributed by atoms with van der Waals surface area (Å²) in [7, 11) is 0. The van der Waals surface area contributed by atoms with E-state index in [-0.39, 0.29) is 12.4 Å². The Morgan fingerprint density at radius 2 is 2.25 bits per heavy atom. The molecule has 0 atom stereocenters. The number of rotatable bonds is 3. The molecule has 3 heterocycles. The summed E-state index contributed by atoms with van der Waals surface area (Å²) < 4.78 is 2.93. The molecule has 3 rings (SSSR count). The van der Waals surface area contributed by atoms with Gasteiger partial charge in [0.25, 0.3) is 0 Å². The third-order valence-corrected chi connectivity index (χ3v) is 3.06. The Balaban J connectivity index is 2.13. The predicted molar refractivity (Wildman–Crippen MR) is 70.1 cm³/mol. The number of anilines is 1. The van der Waals surface area contributed by atoms with Crippen LogP contribution in [0.4, 0.5) is 11.6 Å². The molecule has 3 aromatic rings. The molecule has 0 bridgehead atoms. The molecule has 0 aliphatic carbocycles. The molecule has 9 nitrogen and oxygen atoms in total. The quantitative estimate of drug-likeness (QED) is 0.556. The van der Waals surface area contributed by atoms with Gasteiger partial charge in [0.15, 0.2) is 11.5 Å². The minimum atomic E-state index is -0.453. The van der Waals surface area contributed by atoms with Gasteiger partial charge in [-0.25, -0.2) is 9.67 Å². The highest BCUT2D eigenvalue weighted by Crippen LogP contribution is 2.21. The topological polar surface area (TPSA) is 117 Å². The van der Waals surface area contributed by atoms with Crippen molar-refractivity contribution in [1.82, 2.24) is 24.4 Å². The Morgan fingerprint density at radius 3 is 2.90 bits per heavy atom. The fourth-order valence-corrected chi connectivity index (χ4v) is 2.00. The summed E-state index contributed by atoms with van der Waals surface area (Å²) in [6.45, 7) is 1.89. The van der Waals surface area contributed by atoms with Gasteiger partial charge >= 0.3 is 5.82 Å². The molecule has 0 aliphatic rings. The normalized spacial score (nSPS) is 11.1. The van der Waals surface area contributed by atoms with Gasteiger partial charge in [-0.1, -0.05) is 11.3 Å². The second-order valence-corrected chi connectivity index (χ2v) is 4.29. The van der Waals surface area contributed by atoms with E-state index in [2.05, 4.69) is 15.3 Å². The van der Waals surface area contributed by atoms with Gasteiger partial charge in [-0.05, 0) is 17.9 Å². The molecule has 2 N–H and O–H groups in total. The fraction of sp³-hybridized carbons (Fsp3) is 0.182. The summed E-state index contributed by atoms with van der Waals surface area (Å²) in [5.41, 5.74) is 7.09. The highest BCUT2D eigenvalue weighted by molar-refractivity contribution is 5.49. The van der Waals surface area contributed by atoms with Crippen molar-refractivity contribution in [2.45, 2.75) is 13.5 Å². The van der Waals surface area contributed by atoms with Crippen LogP contribution in [0.3, 0.4) is 0 Å². The first-order valence-electron chi connectivity index (χ1n) is 5.84. The molecule has 9 heteroatoms. The minimum absolute atomic E-state index is 0.0749. The van der Waals surface area contributed by atoms with E-state index < -0.39 is 4.92 Å². The summed E-state index contributed by atoms with van der Waals surface area (Å²) in [4.78, 5) is 15.1. The molecule has 3 aromatic heterocycles. The van der Waals surface area contributed by atoms with Crippen molar-refractivity contribution >= 4 is 17.3 Å². The smallest absolute Gasteiger partial charge is 0.353 e. The van der Waals surface area contributed by atoms with Gasteiger partial charge < -0.3 is 15.8 Å². The van der Waals surface area contributed by atoms with Crippen LogP contribution >= 0.6 is 0 Å². The highest BCUT2D eigenvalue weighted by Gasteiger charge is 2.23.